The quantitative estimate of drug-likeness (QED) is 0.670. The van der Waals surface area contributed by atoms with Crippen LogP contribution in [-0.2, 0) is 4.79 Å². The zero-order chi connectivity index (χ0) is 12.7. The van der Waals surface area contributed by atoms with Gasteiger partial charge in [0.15, 0.2) is 0 Å². The van der Waals surface area contributed by atoms with Gasteiger partial charge in [0.1, 0.15) is 0 Å². The summed E-state index contributed by atoms with van der Waals surface area (Å²) in [6.45, 7) is 0.960. The van der Waals surface area contributed by atoms with Gasteiger partial charge in [-0.2, -0.15) is 0 Å². The van der Waals surface area contributed by atoms with Crippen LogP contribution < -0.4 is 0 Å². The van der Waals surface area contributed by atoms with E-state index < -0.39 is 5.97 Å². The number of carboxylic acid groups (broad SMARTS) is 1. The molecule has 0 bridgehead atoms. The van der Waals surface area contributed by atoms with Gasteiger partial charge in [-0.15, -0.1) is 0 Å². The van der Waals surface area contributed by atoms with Crippen molar-refractivity contribution in [1.29, 1.82) is 0 Å². The summed E-state index contributed by atoms with van der Waals surface area (Å²) in [4.78, 5) is 12.6. The number of aliphatic carboxylic acids is 1. The first-order valence-electron chi connectivity index (χ1n) is 6.71. The average Bonchev–Trinajstić information content (AvgIpc) is 2.28. The Morgan fingerprint density at radius 2 is 1.94 bits per heavy atom. The minimum absolute atomic E-state index is 0.173. The Bertz CT molecular complexity index is 233. The molecule has 0 radical (unpaired) electrons. The second-order valence-corrected chi connectivity index (χ2v) is 5.10. The van der Waals surface area contributed by atoms with Crippen LogP contribution in [0.2, 0.25) is 0 Å². The Kier molecular flexibility index (Phi) is 6.52. The smallest absolute Gasteiger partial charge is 0.303 e. The molecule has 0 aromatic heterocycles. The van der Waals surface area contributed by atoms with E-state index in [4.69, 9.17) is 5.11 Å². The Labute approximate surface area is 104 Å². The van der Waals surface area contributed by atoms with Gasteiger partial charge in [-0.05, 0) is 39.3 Å². The van der Waals surface area contributed by atoms with Gasteiger partial charge >= 0.3 is 5.97 Å². The van der Waals surface area contributed by atoms with Crippen molar-refractivity contribution >= 4 is 5.97 Å². The lowest BCUT2D eigenvalue weighted by Crippen LogP contribution is -2.43. The maximum absolute atomic E-state index is 10.3. The van der Waals surface area contributed by atoms with E-state index >= 15 is 0 Å². The summed E-state index contributed by atoms with van der Waals surface area (Å²) < 4.78 is 0. The molecule has 1 fully saturated rings. The van der Waals surface area contributed by atoms with Gasteiger partial charge in [0.05, 0.1) is 6.10 Å². The zero-order valence-corrected chi connectivity index (χ0v) is 10.8. The largest absolute Gasteiger partial charge is 0.481 e. The van der Waals surface area contributed by atoms with Gasteiger partial charge in [-0.25, -0.2) is 0 Å². The standard InChI is InChI=1S/C13H25NO3/c1-14(10-6-2-3-9-13(16)17)11-7-4-5-8-12(11)15/h11-12,15H,2-10H2,1H3,(H,16,17). The van der Waals surface area contributed by atoms with Gasteiger partial charge in [0.25, 0.3) is 0 Å². The highest BCUT2D eigenvalue weighted by atomic mass is 16.4. The molecule has 1 aliphatic carbocycles. The Balaban J connectivity index is 2.11. The van der Waals surface area contributed by atoms with Crippen molar-refractivity contribution in [3.8, 4) is 0 Å². The third kappa shape index (κ3) is 5.50. The van der Waals surface area contributed by atoms with Crippen LogP contribution in [0.15, 0.2) is 0 Å². The Morgan fingerprint density at radius 1 is 1.24 bits per heavy atom. The van der Waals surface area contributed by atoms with Gasteiger partial charge in [-0.3, -0.25) is 4.79 Å². The number of unbranched alkanes of at least 4 members (excludes halogenated alkanes) is 2. The summed E-state index contributed by atoms with van der Waals surface area (Å²) >= 11 is 0. The first kappa shape index (κ1) is 14.5. The Hall–Kier alpha value is -0.610. The molecule has 2 N–H and O–H groups in total. The maximum Gasteiger partial charge on any atom is 0.303 e. The van der Waals surface area contributed by atoms with E-state index in [9.17, 15) is 9.90 Å². The van der Waals surface area contributed by atoms with Gasteiger partial charge < -0.3 is 15.1 Å². The van der Waals surface area contributed by atoms with Crippen molar-refractivity contribution in [3.63, 3.8) is 0 Å². The molecule has 0 heterocycles. The first-order chi connectivity index (χ1) is 8.11. The van der Waals surface area contributed by atoms with Crippen LogP contribution in [0.4, 0.5) is 0 Å². The van der Waals surface area contributed by atoms with Crippen molar-refractivity contribution in [2.45, 2.75) is 63.5 Å². The monoisotopic (exact) mass is 243 g/mol. The fraction of sp³-hybridized carbons (Fsp3) is 0.923. The van der Waals surface area contributed by atoms with Crippen LogP contribution in [0.25, 0.3) is 0 Å². The predicted molar refractivity (Wildman–Crippen MR) is 67.0 cm³/mol. The van der Waals surface area contributed by atoms with E-state index in [2.05, 4.69) is 11.9 Å². The molecule has 100 valence electrons. The molecular weight excluding hydrogens is 218 g/mol. The van der Waals surface area contributed by atoms with Crippen LogP contribution >= 0.6 is 0 Å². The number of hydrogen-bond donors (Lipinski definition) is 2. The number of carbonyl (C=O) groups is 1. The fourth-order valence-electron chi connectivity index (χ4n) is 2.59. The number of likely N-dealkylation sites (N-methyl/N-ethyl adjacent to an activating group) is 1. The summed E-state index contributed by atoms with van der Waals surface area (Å²) in [5, 5.41) is 18.4. The lowest BCUT2D eigenvalue weighted by molar-refractivity contribution is -0.137. The van der Waals surface area contributed by atoms with Gasteiger partial charge in [0.2, 0.25) is 0 Å². The molecule has 4 heteroatoms. The third-order valence-electron chi connectivity index (χ3n) is 3.66. The highest BCUT2D eigenvalue weighted by molar-refractivity contribution is 5.66. The van der Waals surface area contributed by atoms with Crippen LogP contribution in [0.3, 0.4) is 0 Å². The number of nitrogens with zero attached hydrogens (tertiary/aromatic N) is 1. The molecule has 2 atom stereocenters. The Morgan fingerprint density at radius 3 is 2.59 bits per heavy atom. The molecule has 4 nitrogen and oxygen atoms in total. The van der Waals surface area contributed by atoms with Gasteiger partial charge in [0, 0.05) is 12.5 Å². The van der Waals surface area contributed by atoms with Crippen LogP contribution in [0.5, 0.6) is 0 Å². The van der Waals surface area contributed by atoms with Crippen LogP contribution in [-0.4, -0.2) is 46.8 Å². The van der Waals surface area contributed by atoms with Crippen molar-refractivity contribution in [1.82, 2.24) is 4.90 Å². The fourth-order valence-corrected chi connectivity index (χ4v) is 2.59. The molecule has 0 spiro atoms. The third-order valence-corrected chi connectivity index (χ3v) is 3.66. The molecule has 0 aromatic carbocycles. The molecular formula is C13H25NO3. The minimum Gasteiger partial charge on any atom is -0.481 e. The summed E-state index contributed by atoms with van der Waals surface area (Å²) in [5.74, 6) is -0.707. The summed E-state index contributed by atoms with van der Waals surface area (Å²) in [6.07, 6.45) is 7.21. The van der Waals surface area contributed by atoms with E-state index in [0.29, 0.717) is 6.04 Å². The average molecular weight is 243 g/mol. The highest BCUT2D eigenvalue weighted by Gasteiger charge is 2.25. The zero-order valence-electron chi connectivity index (χ0n) is 10.8. The number of carboxylic acids is 1. The number of hydrogen-bond acceptors (Lipinski definition) is 3. The number of aliphatic hydroxyl groups excluding tert-OH is 1. The van der Waals surface area contributed by atoms with Crippen LogP contribution in [0.1, 0.15) is 51.4 Å². The summed E-state index contributed by atoms with van der Waals surface area (Å²) in [6, 6.07) is 0.309. The maximum atomic E-state index is 10.3. The second kappa shape index (κ2) is 7.67. The lowest BCUT2D eigenvalue weighted by atomic mass is 9.91. The SMILES string of the molecule is CN(CCCCCC(=O)O)C1CCCCC1O. The van der Waals surface area contributed by atoms with Crippen molar-refractivity contribution in [2.75, 3.05) is 13.6 Å². The molecule has 17 heavy (non-hydrogen) atoms. The molecule has 2 unspecified atom stereocenters. The molecule has 0 aliphatic heterocycles. The first-order valence-corrected chi connectivity index (χ1v) is 6.71. The molecule has 1 aliphatic rings. The van der Waals surface area contributed by atoms with E-state index in [1.54, 1.807) is 0 Å². The highest BCUT2D eigenvalue weighted by Crippen LogP contribution is 2.22. The predicted octanol–water partition coefficient (Wildman–Crippen LogP) is 1.87. The van der Waals surface area contributed by atoms with Crippen molar-refractivity contribution < 1.29 is 15.0 Å². The molecule has 0 saturated heterocycles. The molecule has 0 amide bonds. The molecule has 1 saturated carbocycles. The van der Waals surface area contributed by atoms with Gasteiger partial charge in [-0.1, -0.05) is 19.3 Å². The normalized spacial score (nSPS) is 25.1. The summed E-state index contributed by atoms with van der Waals surface area (Å²) in [5.41, 5.74) is 0. The van der Waals surface area contributed by atoms with Crippen molar-refractivity contribution in [2.24, 2.45) is 0 Å². The number of rotatable bonds is 7. The lowest BCUT2D eigenvalue weighted by Gasteiger charge is -2.35. The minimum atomic E-state index is -0.707. The van der Waals surface area contributed by atoms with E-state index in [0.717, 1.165) is 45.1 Å². The second-order valence-electron chi connectivity index (χ2n) is 5.10. The molecule has 0 aromatic rings. The summed E-state index contributed by atoms with van der Waals surface area (Å²) in [7, 11) is 2.07. The topological polar surface area (TPSA) is 60.8 Å². The van der Waals surface area contributed by atoms with Crippen LogP contribution in [0, 0.1) is 0 Å². The number of aliphatic hydroxyl groups is 1. The van der Waals surface area contributed by atoms with E-state index in [-0.39, 0.29) is 12.5 Å². The molecule has 1 rings (SSSR count). The van der Waals surface area contributed by atoms with Crippen molar-refractivity contribution in [3.05, 3.63) is 0 Å². The van der Waals surface area contributed by atoms with E-state index in [1.807, 2.05) is 0 Å². The van der Waals surface area contributed by atoms with E-state index in [1.165, 1.54) is 6.42 Å².